The van der Waals surface area contributed by atoms with Crippen LogP contribution in [0.3, 0.4) is 0 Å². The molecule has 1 aromatic rings. The molecule has 0 aliphatic rings. The van der Waals surface area contributed by atoms with Gasteiger partial charge in [-0.05, 0) is 13.0 Å². The highest BCUT2D eigenvalue weighted by Gasteiger charge is 2.20. The van der Waals surface area contributed by atoms with Gasteiger partial charge in [0.05, 0.1) is 4.92 Å². The minimum absolute atomic E-state index is 0.0495. The number of rotatable bonds is 4. The predicted octanol–water partition coefficient (Wildman–Crippen LogP) is 0.693. The molecule has 0 saturated carbocycles. The molecule has 0 aliphatic carbocycles. The first-order chi connectivity index (χ1) is 7.07. The van der Waals surface area contributed by atoms with Gasteiger partial charge in [-0.15, -0.1) is 0 Å². The number of hydrogen-bond donors (Lipinski definition) is 1. The maximum Gasteiger partial charge on any atom is 0.314 e. The zero-order chi connectivity index (χ0) is 11.4. The van der Waals surface area contributed by atoms with Gasteiger partial charge in [-0.1, -0.05) is 0 Å². The summed E-state index contributed by atoms with van der Waals surface area (Å²) in [6.45, 7) is 2.67. The number of aromatic nitrogens is 1. The van der Waals surface area contributed by atoms with Crippen molar-refractivity contribution in [2.75, 3.05) is 25.0 Å². The molecule has 0 atom stereocenters. The SMILES string of the molecule is Cc1ccnc(N(C)CCN)c1[N+](=O)[O-]. The van der Waals surface area contributed by atoms with Gasteiger partial charge in [-0.3, -0.25) is 10.1 Å². The Morgan fingerprint density at radius 1 is 1.67 bits per heavy atom. The molecule has 0 saturated heterocycles. The van der Waals surface area contributed by atoms with Crippen LogP contribution in [0.25, 0.3) is 0 Å². The number of likely N-dealkylation sites (N-methyl/N-ethyl adjacent to an activating group) is 1. The van der Waals surface area contributed by atoms with Crippen LogP contribution in [0.15, 0.2) is 12.3 Å². The Morgan fingerprint density at radius 3 is 2.87 bits per heavy atom. The van der Waals surface area contributed by atoms with E-state index >= 15 is 0 Å². The lowest BCUT2D eigenvalue weighted by atomic mass is 10.2. The van der Waals surface area contributed by atoms with Gasteiger partial charge in [0.25, 0.3) is 0 Å². The summed E-state index contributed by atoms with van der Waals surface area (Å²) in [5.41, 5.74) is 6.05. The van der Waals surface area contributed by atoms with E-state index in [2.05, 4.69) is 4.98 Å². The standard InChI is InChI=1S/C9H14N4O2/c1-7-3-5-11-9(8(7)13(14)15)12(2)6-4-10/h3,5H,4,6,10H2,1-2H3. The highest BCUT2D eigenvalue weighted by molar-refractivity contribution is 5.61. The van der Waals surface area contributed by atoms with Crippen molar-refractivity contribution in [2.24, 2.45) is 5.73 Å². The number of nitrogens with zero attached hydrogens (tertiary/aromatic N) is 3. The molecular formula is C9H14N4O2. The zero-order valence-corrected chi connectivity index (χ0v) is 8.80. The van der Waals surface area contributed by atoms with Gasteiger partial charge in [-0.2, -0.15) is 0 Å². The van der Waals surface area contributed by atoms with Gasteiger partial charge in [0.15, 0.2) is 0 Å². The fraction of sp³-hybridized carbons (Fsp3) is 0.444. The van der Waals surface area contributed by atoms with Gasteiger partial charge in [0.2, 0.25) is 5.82 Å². The fourth-order valence-electron chi connectivity index (χ4n) is 1.34. The monoisotopic (exact) mass is 210 g/mol. The maximum absolute atomic E-state index is 10.9. The van der Waals surface area contributed by atoms with Crippen molar-refractivity contribution in [2.45, 2.75) is 6.92 Å². The van der Waals surface area contributed by atoms with E-state index in [1.54, 1.807) is 31.1 Å². The Labute approximate surface area is 87.9 Å². The van der Waals surface area contributed by atoms with Crippen LogP contribution in [0.5, 0.6) is 0 Å². The molecule has 6 nitrogen and oxygen atoms in total. The second-order valence-corrected chi connectivity index (χ2v) is 3.27. The Hall–Kier alpha value is -1.69. The van der Waals surface area contributed by atoms with Crippen LogP contribution in [0.2, 0.25) is 0 Å². The van der Waals surface area contributed by atoms with Crippen LogP contribution < -0.4 is 10.6 Å². The molecule has 0 spiro atoms. The van der Waals surface area contributed by atoms with Crippen LogP contribution in [0.1, 0.15) is 5.56 Å². The molecule has 0 radical (unpaired) electrons. The average Bonchev–Trinajstić information content (AvgIpc) is 2.17. The summed E-state index contributed by atoms with van der Waals surface area (Å²) in [4.78, 5) is 16.1. The summed E-state index contributed by atoms with van der Waals surface area (Å²) in [7, 11) is 1.74. The highest BCUT2D eigenvalue weighted by Crippen LogP contribution is 2.27. The van der Waals surface area contributed by atoms with Crippen molar-refractivity contribution >= 4 is 11.5 Å². The van der Waals surface area contributed by atoms with Crippen molar-refractivity contribution in [3.8, 4) is 0 Å². The van der Waals surface area contributed by atoms with Crippen molar-refractivity contribution < 1.29 is 4.92 Å². The third kappa shape index (κ3) is 2.41. The van der Waals surface area contributed by atoms with Crippen LogP contribution in [0.4, 0.5) is 11.5 Å². The van der Waals surface area contributed by atoms with E-state index in [0.29, 0.717) is 24.5 Å². The average molecular weight is 210 g/mol. The van der Waals surface area contributed by atoms with Crippen LogP contribution in [0, 0.1) is 17.0 Å². The summed E-state index contributed by atoms with van der Waals surface area (Å²) in [5, 5.41) is 10.9. The molecule has 2 N–H and O–H groups in total. The first kappa shape index (κ1) is 11.4. The van der Waals surface area contributed by atoms with Crippen molar-refractivity contribution in [3.63, 3.8) is 0 Å². The summed E-state index contributed by atoms with van der Waals surface area (Å²) in [5.74, 6) is 0.366. The quantitative estimate of drug-likeness (QED) is 0.583. The summed E-state index contributed by atoms with van der Waals surface area (Å²) >= 11 is 0. The smallest absolute Gasteiger partial charge is 0.314 e. The molecule has 0 bridgehead atoms. The molecule has 1 heterocycles. The third-order valence-electron chi connectivity index (χ3n) is 2.12. The molecule has 0 aliphatic heterocycles. The summed E-state index contributed by atoms with van der Waals surface area (Å²) in [6, 6.07) is 1.62. The van der Waals surface area contributed by atoms with E-state index in [0.717, 1.165) is 0 Å². The zero-order valence-electron chi connectivity index (χ0n) is 8.80. The molecule has 0 aromatic carbocycles. The van der Waals surface area contributed by atoms with E-state index < -0.39 is 4.92 Å². The maximum atomic E-state index is 10.9. The second kappa shape index (κ2) is 4.70. The third-order valence-corrected chi connectivity index (χ3v) is 2.12. The van der Waals surface area contributed by atoms with E-state index in [-0.39, 0.29) is 5.69 Å². The second-order valence-electron chi connectivity index (χ2n) is 3.27. The normalized spacial score (nSPS) is 10.1. The number of hydrogen-bond acceptors (Lipinski definition) is 5. The topological polar surface area (TPSA) is 85.3 Å². The van der Waals surface area contributed by atoms with Gasteiger partial charge >= 0.3 is 5.69 Å². The summed E-state index contributed by atoms with van der Waals surface area (Å²) in [6.07, 6.45) is 1.56. The van der Waals surface area contributed by atoms with Crippen LogP contribution in [-0.4, -0.2) is 30.0 Å². The number of nitrogens with two attached hydrogens (primary N) is 1. The molecule has 15 heavy (non-hydrogen) atoms. The van der Waals surface area contributed by atoms with E-state index in [9.17, 15) is 10.1 Å². The van der Waals surface area contributed by atoms with E-state index in [1.165, 1.54) is 0 Å². The number of aryl methyl sites for hydroxylation is 1. The number of nitro groups is 1. The molecule has 0 fully saturated rings. The van der Waals surface area contributed by atoms with Crippen molar-refractivity contribution in [1.29, 1.82) is 0 Å². The molecule has 1 rings (SSSR count). The Morgan fingerprint density at radius 2 is 2.33 bits per heavy atom. The van der Waals surface area contributed by atoms with Crippen LogP contribution in [-0.2, 0) is 0 Å². The fourth-order valence-corrected chi connectivity index (χ4v) is 1.34. The molecule has 6 heteroatoms. The van der Waals surface area contributed by atoms with Gasteiger partial charge < -0.3 is 10.6 Å². The Kier molecular flexibility index (Phi) is 3.56. The van der Waals surface area contributed by atoms with Gasteiger partial charge in [0.1, 0.15) is 0 Å². The minimum Gasteiger partial charge on any atom is -0.353 e. The first-order valence-corrected chi connectivity index (χ1v) is 4.59. The predicted molar refractivity (Wildman–Crippen MR) is 58.0 cm³/mol. The van der Waals surface area contributed by atoms with Crippen molar-refractivity contribution in [3.05, 3.63) is 27.9 Å². The van der Waals surface area contributed by atoms with E-state index in [4.69, 9.17) is 5.73 Å². The van der Waals surface area contributed by atoms with Gasteiger partial charge in [-0.25, -0.2) is 4.98 Å². The van der Waals surface area contributed by atoms with Crippen molar-refractivity contribution in [1.82, 2.24) is 4.98 Å². The number of anilines is 1. The van der Waals surface area contributed by atoms with E-state index in [1.807, 2.05) is 0 Å². The lowest BCUT2D eigenvalue weighted by molar-refractivity contribution is -0.384. The largest absolute Gasteiger partial charge is 0.353 e. The number of pyridine rings is 1. The lowest BCUT2D eigenvalue weighted by Gasteiger charge is -2.17. The molecular weight excluding hydrogens is 196 g/mol. The lowest BCUT2D eigenvalue weighted by Crippen LogP contribution is -2.26. The molecule has 0 unspecified atom stereocenters. The Balaban J connectivity index is 3.16. The molecule has 1 aromatic heterocycles. The summed E-state index contributed by atoms with van der Waals surface area (Å²) < 4.78 is 0. The Bertz CT molecular complexity index is 367. The van der Waals surface area contributed by atoms with Crippen LogP contribution >= 0.6 is 0 Å². The highest BCUT2D eigenvalue weighted by atomic mass is 16.6. The molecule has 0 amide bonds. The molecule has 82 valence electrons. The van der Waals surface area contributed by atoms with Gasteiger partial charge in [0, 0.05) is 31.9 Å². The minimum atomic E-state index is -0.412. The first-order valence-electron chi connectivity index (χ1n) is 4.59.